The molecule has 7 nitrogen and oxygen atoms in total. The zero-order chi connectivity index (χ0) is 22.6. The van der Waals surface area contributed by atoms with E-state index in [2.05, 4.69) is 56.1 Å². The van der Waals surface area contributed by atoms with E-state index in [1.807, 2.05) is 0 Å². The first-order valence-electron chi connectivity index (χ1n) is 11.7. The van der Waals surface area contributed by atoms with Crippen molar-refractivity contribution in [2.24, 2.45) is 0 Å². The quantitative estimate of drug-likeness (QED) is 0.232. The minimum atomic E-state index is -0.829. The Kier molecular flexibility index (Phi) is 11.4. The number of unbranched alkanes of at least 4 members (excludes halogenated alkanes) is 8. The van der Waals surface area contributed by atoms with Crippen LogP contribution in [0.15, 0.2) is 0 Å². The summed E-state index contributed by atoms with van der Waals surface area (Å²) in [6.07, 6.45) is 12.5. The van der Waals surface area contributed by atoms with Crippen LogP contribution in [-0.2, 0) is 14.4 Å². The molecule has 4 N–H and O–H groups in total. The molecule has 0 atom stereocenters. The SMILES string of the molecule is CCCCCCCCCCCC(=O)NNC(=O)C(=O)NC1CC(C)(C)NC(C)(C)C1. The molecule has 0 spiro atoms. The molecule has 0 aromatic heterocycles. The highest BCUT2D eigenvalue weighted by molar-refractivity contribution is 6.35. The number of hydrogen-bond acceptors (Lipinski definition) is 4. The van der Waals surface area contributed by atoms with E-state index in [1.54, 1.807) is 0 Å². The van der Waals surface area contributed by atoms with Gasteiger partial charge in [0.05, 0.1) is 0 Å². The number of piperidine rings is 1. The van der Waals surface area contributed by atoms with Crippen molar-refractivity contribution in [3.8, 4) is 0 Å². The second-order valence-corrected chi connectivity index (χ2v) is 10.1. The molecule has 1 aliphatic rings. The van der Waals surface area contributed by atoms with E-state index in [9.17, 15) is 14.4 Å². The average Bonchev–Trinajstić information content (AvgIpc) is 2.62. The van der Waals surface area contributed by atoms with Crippen LogP contribution in [0, 0.1) is 0 Å². The Morgan fingerprint density at radius 2 is 1.27 bits per heavy atom. The lowest BCUT2D eigenvalue weighted by atomic mass is 9.79. The Morgan fingerprint density at radius 3 is 1.80 bits per heavy atom. The van der Waals surface area contributed by atoms with Gasteiger partial charge in [-0.05, 0) is 47.0 Å². The van der Waals surface area contributed by atoms with Crippen molar-refractivity contribution in [2.45, 2.75) is 129 Å². The molecule has 0 aromatic carbocycles. The van der Waals surface area contributed by atoms with Gasteiger partial charge in [0.25, 0.3) is 0 Å². The molecule has 1 heterocycles. The van der Waals surface area contributed by atoms with Crippen LogP contribution in [0.4, 0.5) is 0 Å². The van der Waals surface area contributed by atoms with Crippen LogP contribution in [0.25, 0.3) is 0 Å². The molecule has 1 saturated heterocycles. The van der Waals surface area contributed by atoms with Crippen LogP contribution >= 0.6 is 0 Å². The van der Waals surface area contributed by atoms with Crippen LogP contribution in [0.3, 0.4) is 0 Å². The molecule has 30 heavy (non-hydrogen) atoms. The van der Waals surface area contributed by atoms with Gasteiger partial charge in [-0.25, -0.2) is 0 Å². The van der Waals surface area contributed by atoms with Gasteiger partial charge in [-0.2, -0.15) is 0 Å². The second-order valence-electron chi connectivity index (χ2n) is 10.1. The van der Waals surface area contributed by atoms with Crippen molar-refractivity contribution in [2.75, 3.05) is 0 Å². The summed E-state index contributed by atoms with van der Waals surface area (Å²) in [6, 6.07) is -0.0906. The summed E-state index contributed by atoms with van der Waals surface area (Å²) in [5, 5.41) is 6.33. The highest BCUT2D eigenvalue weighted by atomic mass is 16.2. The lowest BCUT2D eigenvalue weighted by Gasteiger charge is -2.46. The number of rotatable bonds is 11. The van der Waals surface area contributed by atoms with E-state index in [1.165, 1.54) is 38.5 Å². The monoisotopic (exact) mass is 424 g/mol. The second kappa shape index (κ2) is 12.9. The zero-order valence-electron chi connectivity index (χ0n) is 19.8. The van der Waals surface area contributed by atoms with Crippen molar-refractivity contribution in [3.63, 3.8) is 0 Å². The molecule has 0 radical (unpaired) electrons. The third-order valence-electron chi connectivity index (χ3n) is 5.55. The van der Waals surface area contributed by atoms with Gasteiger partial charge in [0.15, 0.2) is 0 Å². The third-order valence-corrected chi connectivity index (χ3v) is 5.55. The number of carbonyl (C=O) groups is 3. The topological polar surface area (TPSA) is 99.3 Å². The highest BCUT2D eigenvalue weighted by Gasteiger charge is 2.38. The molecule has 1 aliphatic heterocycles. The predicted octanol–water partition coefficient (Wildman–Crippen LogP) is 3.48. The van der Waals surface area contributed by atoms with Gasteiger partial charge in [-0.3, -0.25) is 25.2 Å². The molecular weight excluding hydrogens is 380 g/mol. The third kappa shape index (κ3) is 11.5. The average molecular weight is 425 g/mol. The Labute approximate surface area is 182 Å². The van der Waals surface area contributed by atoms with Crippen molar-refractivity contribution >= 4 is 17.7 Å². The minimum absolute atomic E-state index is 0.0906. The smallest absolute Gasteiger partial charge is 0.327 e. The van der Waals surface area contributed by atoms with Crippen LogP contribution in [-0.4, -0.2) is 34.8 Å². The maximum Gasteiger partial charge on any atom is 0.327 e. The normalized spacial score (nSPS) is 17.9. The number of amides is 3. The molecule has 0 aliphatic carbocycles. The van der Waals surface area contributed by atoms with E-state index < -0.39 is 11.8 Å². The summed E-state index contributed by atoms with van der Waals surface area (Å²) in [5.41, 5.74) is 4.32. The largest absolute Gasteiger partial charge is 0.345 e. The van der Waals surface area contributed by atoms with Crippen molar-refractivity contribution in [3.05, 3.63) is 0 Å². The van der Waals surface area contributed by atoms with Crippen LogP contribution < -0.4 is 21.5 Å². The molecule has 7 heteroatoms. The molecule has 174 valence electrons. The van der Waals surface area contributed by atoms with Gasteiger partial charge < -0.3 is 10.6 Å². The van der Waals surface area contributed by atoms with Gasteiger partial charge in [0.1, 0.15) is 0 Å². The van der Waals surface area contributed by atoms with Crippen molar-refractivity contribution in [1.29, 1.82) is 0 Å². The first kappa shape index (κ1) is 26.4. The van der Waals surface area contributed by atoms with Gasteiger partial charge in [0, 0.05) is 23.5 Å². The molecule has 0 unspecified atom stereocenters. The Morgan fingerprint density at radius 1 is 0.767 bits per heavy atom. The first-order valence-corrected chi connectivity index (χ1v) is 11.7. The van der Waals surface area contributed by atoms with Gasteiger partial charge in [0.2, 0.25) is 5.91 Å². The van der Waals surface area contributed by atoms with Gasteiger partial charge in [-0.1, -0.05) is 58.3 Å². The van der Waals surface area contributed by atoms with Gasteiger partial charge >= 0.3 is 11.8 Å². The molecule has 0 bridgehead atoms. The summed E-state index contributed by atoms with van der Waals surface area (Å²) < 4.78 is 0. The lowest BCUT2D eigenvalue weighted by Crippen LogP contribution is -2.63. The minimum Gasteiger partial charge on any atom is -0.345 e. The van der Waals surface area contributed by atoms with Crippen molar-refractivity contribution in [1.82, 2.24) is 21.5 Å². The summed E-state index contributed by atoms with van der Waals surface area (Å²) in [5.74, 6) is -1.80. The highest BCUT2D eigenvalue weighted by Crippen LogP contribution is 2.28. The molecule has 1 fully saturated rings. The van der Waals surface area contributed by atoms with E-state index in [4.69, 9.17) is 0 Å². The van der Waals surface area contributed by atoms with Crippen LogP contribution in [0.5, 0.6) is 0 Å². The fourth-order valence-corrected chi connectivity index (χ4v) is 4.52. The standard InChI is InChI=1S/C23H44N4O3/c1-6-7-8-9-10-11-12-13-14-15-19(28)25-26-21(30)20(29)24-18-16-22(2,3)27-23(4,5)17-18/h18,27H,6-17H2,1-5H3,(H,24,29)(H,25,28)(H,26,30). The fraction of sp³-hybridized carbons (Fsp3) is 0.870. The summed E-state index contributed by atoms with van der Waals surface area (Å²) in [4.78, 5) is 36.1. The van der Waals surface area contributed by atoms with Crippen LogP contribution in [0.1, 0.15) is 112 Å². The molecule has 1 rings (SSSR count). The number of hydrazine groups is 1. The Bertz CT molecular complexity index is 545. The maximum absolute atomic E-state index is 12.2. The molecular formula is C23H44N4O3. The fourth-order valence-electron chi connectivity index (χ4n) is 4.52. The predicted molar refractivity (Wildman–Crippen MR) is 121 cm³/mol. The van der Waals surface area contributed by atoms with E-state index in [0.717, 1.165) is 32.1 Å². The number of hydrogen-bond donors (Lipinski definition) is 4. The summed E-state index contributed by atoms with van der Waals surface area (Å²) >= 11 is 0. The summed E-state index contributed by atoms with van der Waals surface area (Å²) in [6.45, 7) is 10.6. The van der Waals surface area contributed by atoms with E-state index in [0.29, 0.717) is 6.42 Å². The number of nitrogens with one attached hydrogen (secondary N) is 4. The van der Waals surface area contributed by atoms with Gasteiger partial charge in [-0.15, -0.1) is 0 Å². The van der Waals surface area contributed by atoms with E-state index in [-0.39, 0.29) is 23.0 Å². The van der Waals surface area contributed by atoms with Crippen LogP contribution in [0.2, 0.25) is 0 Å². The number of carbonyl (C=O) groups excluding carboxylic acids is 3. The molecule has 3 amide bonds. The molecule has 0 aromatic rings. The molecule has 0 saturated carbocycles. The maximum atomic E-state index is 12.2. The Hall–Kier alpha value is -1.63. The zero-order valence-corrected chi connectivity index (χ0v) is 19.8. The lowest BCUT2D eigenvalue weighted by molar-refractivity contribution is -0.141. The van der Waals surface area contributed by atoms with Crippen molar-refractivity contribution < 1.29 is 14.4 Å². The summed E-state index contributed by atoms with van der Waals surface area (Å²) in [7, 11) is 0. The first-order chi connectivity index (χ1) is 14.0. The Balaban J connectivity index is 2.16. The van der Waals surface area contributed by atoms with E-state index >= 15 is 0 Å².